The standard InChI is InChI=1S/C14H17ClN2/c15-11-5-6-13-10(9-17-14(13)7-11)8-16-12-3-1-2-4-12/h5-7,9,12,16-17H,1-4,8H2. The smallest absolute Gasteiger partial charge is 0.0472 e. The molecule has 0 atom stereocenters. The van der Waals surface area contributed by atoms with E-state index in [1.807, 2.05) is 12.1 Å². The first-order valence-electron chi connectivity index (χ1n) is 6.32. The van der Waals surface area contributed by atoms with Crippen molar-refractivity contribution in [2.24, 2.45) is 0 Å². The lowest BCUT2D eigenvalue weighted by Gasteiger charge is -2.10. The Morgan fingerprint density at radius 3 is 2.94 bits per heavy atom. The van der Waals surface area contributed by atoms with Crippen molar-refractivity contribution in [3.63, 3.8) is 0 Å². The minimum atomic E-state index is 0.715. The van der Waals surface area contributed by atoms with Gasteiger partial charge in [0, 0.05) is 34.7 Å². The number of aromatic nitrogens is 1. The Morgan fingerprint density at radius 2 is 2.12 bits per heavy atom. The van der Waals surface area contributed by atoms with Crippen LogP contribution in [0.5, 0.6) is 0 Å². The van der Waals surface area contributed by atoms with E-state index in [0.717, 1.165) is 17.1 Å². The summed E-state index contributed by atoms with van der Waals surface area (Å²) in [7, 11) is 0. The summed E-state index contributed by atoms with van der Waals surface area (Å²) < 4.78 is 0. The molecule has 1 aromatic carbocycles. The van der Waals surface area contributed by atoms with E-state index in [9.17, 15) is 0 Å². The van der Waals surface area contributed by atoms with Crippen LogP contribution in [0.2, 0.25) is 5.02 Å². The zero-order chi connectivity index (χ0) is 11.7. The zero-order valence-corrected chi connectivity index (χ0v) is 10.6. The molecule has 0 spiro atoms. The number of nitrogens with one attached hydrogen (secondary N) is 2. The number of aromatic amines is 1. The molecule has 1 aliphatic rings. The topological polar surface area (TPSA) is 27.8 Å². The van der Waals surface area contributed by atoms with E-state index in [-0.39, 0.29) is 0 Å². The fourth-order valence-electron chi connectivity index (χ4n) is 2.69. The molecule has 1 fully saturated rings. The number of benzene rings is 1. The second-order valence-electron chi connectivity index (χ2n) is 4.87. The molecule has 2 aromatic rings. The molecule has 0 aliphatic heterocycles. The van der Waals surface area contributed by atoms with Gasteiger partial charge in [0.05, 0.1) is 0 Å². The summed E-state index contributed by atoms with van der Waals surface area (Å²) in [5.74, 6) is 0. The Labute approximate surface area is 106 Å². The zero-order valence-electron chi connectivity index (χ0n) is 9.80. The van der Waals surface area contributed by atoms with E-state index >= 15 is 0 Å². The van der Waals surface area contributed by atoms with Crippen molar-refractivity contribution in [1.82, 2.24) is 10.3 Å². The number of hydrogen-bond donors (Lipinski definition) is 2. The Morgan fingerprint density at radius 1 is 1.29 bits per heavy atom. The third-order valence-corrected chi connectivity index (χ3v) is 3.90. The molecule has 2 nitrogen and oxygen atoms in total. The predicted molar refractivity (Wildman–Crippen MR) is 72.4 cm³/mol. The summed E-state index contributed by atoms with van der Waals surface area (Å²) >= 11 is 5.97. The lowest BCUT2D eigenvalue weighted by molar-refractivity contribution is 0.525. The molecule has 0 unspecified atom stereocenters. The Bertz CT molecular complexity index is 512. The van der Waals surface area contributed by atoms with Gasteiger partial charge in [0.25, 0.3) is 0 Å². The summed E-state index contributed by atoms with van der Waals surface area (Å²) in [6.07, 6.45) is 7.49. The molecule has 0 radical (unpaired) electrons. The molecular weight excluding hydrogens is 232 g/mol. The van der Waals surface area contributed by atoms with E-state index in [2.05, 4.69) is 22.6 Å². The normalized spacial score (nSPS) is 17.0. The van der Waals surface area contributed by atoms with Crippen molar-refractivity contribution in [3.8, 4) is 0 Å². The van der Waals surface area contributed by atoms with Gasteiger partial charge in [-0.15, -0.1) is 0 Å². The molecule has 1 saturated carbocycles. The molecule has 3 rings (SSSR count). The van der Waals surface area contributed by atoms with Gasteiger partial charge in [-0.25, -0.2) is 0 Å². The summed E-state index contributed by atoms with van der Waals surface area (Å²) in [4.78, 5) is 3.28. The van der Waals surface area contributed by atoms with Crippen LogP contribution in [-0.4, -0.2) is 11.0 Å². The maximum atomic E-state index is 5.97. The predicted octanol–water partition coefficient (Wildman–Crippen LogP) is 3.85. The van der Waals surface area contributed by atoms with Crippen molar-refractivity contribution < 1.29 is 0 Å². The van der Waals surface area contributed by atoms with E-state index in [4.69, 9.17) is 11.6 Å². The van der Waals surface area contributed by atoms with E-state index in [1.54, 1.807) is 0 Å². The maximum absolute atomic E-state index is 5.97. The van der Waals surface area contributed by atoms with Crippen LogP contribution in [-0.2, 0) is 6.54 Å². The Kier molecular flexibility index (Phi) is 3.08. The Balaban J connectivity index is 1.76. The number of fused-ring (bicyclic) bond motifs is 1. The number of rotatable bonds is 3. The number of hydrogen-bond acceptors (Lipinski definition) is 1. The summed E-state index contributed by atoms with van der Waals surface area (Å²) in [5.41, 5.74) is 2.46. The van der Waals surface area contributed by atoms with Gasteiger partial charge in [0.1, 0.15) is 0 Å². The van der Waals surface area contributed by atoms with Crippen molar-refractivity contribution >= 4 is 22.5 Å². The van der Waals surface area contributed by atoms with Crippen molar-refractivity contribution in [2.45, 2.75) is 38.3 Å². The highest BCUT2D eigenvalue weighted by molar-refractivity contribution is 6.31. The van der Waals surface area contributed by atoms with Crippen LogP contribution in [0.4, 0.5) is 0 Å². The SMILES string of the molecule is Clc1ccc2c(CNC3CCCC3)c[nH]c2c1. The van der Waals surface area contributed by atoms with Gasteiger partial charge in [-0.3, -0.25) is 0 Å². The number of halogens is 1. The van der Waals surface area contributed by atoms with Crippen LogP contribution in [0.3, 0.4) is 0 Å². The number of H-pyrrole nitrogens is 1. The summed E-state index contributed by atoms with van der Waals surface area (Å²) in [5, 5.41) is 5.70. The van der Waals surface area contributed by atoms with Crippen LogP contribution in [0, 0.1) is 0 Å². The third-order valence-electron chi connectivity index (χ3n) is 3.67. The van der Waals surface area contributed by atoms with E-state index in [1.165, 1.54) is 36.6 Å². The molecule has 17 heavy (non-hydrogen) atoms. The second kappa shape index (κ2) is 4.71. The fraction of sp³-hybridized carbons (Fsp3) is 0.429. The molecule has 1 aromatic heterocycles. The first-order chi connectivity index (χ1) is 8.33. The van der Waals surface area contributed by atoms with Gasteiger partial charge in [0.15, 0.2) is 0 Å². The largest absolute Gasteiger partial charge is 0.361 e. The molecule has 0 amide bonds. The van der Waals surface area contributed by atoms with Gasteiger partial charge < -0.3 is 10.3 Å². The van der Waals surface area contributed by atoms with E-state index in [0.29, 0.717) is 6.04 Å². The highest BCUT2D eigenvalue weighted by Crippen LogP contribution is 2.23. The highest BCUT2D eigenvalue weighted by atomic mass is 35.5. The van der Waals surface area contributed by atoms with Crippen molar-refractivity contribution in [1.29, 1.82) is 0 Å². The lowest BCUT2D eigenvalue weighted by Crippen LogP contribution is -2.25. The van der Waals surface area contributed by atoms with Gasteiger partial charge >= 0.3 is 0 Å². The average Bonchev–Trinajstić information content (AvgIpc) is 2.94. The van der Waals surface area contributed by atoms with Crippen molar-refractivity contribution in [3.05, 3.63) is 35.0 Å². The monoisotopic (exact) mass is 248 g/mol. The highest BCUT2D eigenvalue weighted by Gasteiger charge is 2.14. The fourth-order valence-corrected chi connectivity index (χ4v) is 2.86. The first-order valence-corrected chi connectivity index (χ1v) is 6.69. The molecule has 2 N–H and O–H groups in total. The lowest BCUT2D eigenvalue weighted by atomic mass is 10.1. The van der Waals surface area contributed by atoms with Crippen LogP contribution in [0.25, 0.3) is 10.9 Å². The summed E-state index contributed by atoms with van der Waals surface area (Å²) in [6, 6.07) is 6.75. The van der Waals surface area contributed by atoms with Crippen LogP contribution < -0.4 is 5.32 Å². The van der Waals surface area contributed by atoms with Crippen LogP contribution in [0.1, 0.15) is 31.2 Å². The van der Waals surface area contributed by atoms with Crippen LogP contribution >= 0.6 is 11.6 Å². The molecule has 0 saturated heterocycles. The Hall–Kier alpha value is -0.990. The molecule has 0 bridgehead atoms. The third kappa shape index (κ3) is 2.33. The minimum absolute atomic E-state index is 0.715. The van der Waals surface area contributed by atoms with Crippen molar-refractivity contribution in [2.75, 3.05) is 0 Å². The van der Waals surface area contributed by atoms with Gasteiger partial charge in [0.2, 0.25) is 0 Å². The molecule has 1 heterocycles. The summed E-state index contributed by atoms with van der Waals surface area (Å²) in [6.45, 7) is 0.951. The average molecular weight is 249 g/mol. The quantitative estimate of drug-likeness (QED) is 0.848. The molecular formula is C14H17ClN2. The van der Waals surface area contributed by atoms with E-state index < -0.39 is 0 Å². The molecule has 3 heteroatoms. The first kappa shape index (κ1) is 11.1. The van der Waals surface area contributed by atoms with Gasteiger partial charge in [-0.05, 0) is 30.5 Å². The maximum Gasteiger partial charge on any atom is 0.0472 e. The minimum Gasteiger partial charge on any atom is -0.361 e. The molecule has 90 valence electrons. The van der Waals surface area contributed by atoms with Gasteiger partial charge in [-0.1, -0.05) is 30.5 Å². The second-order valence-corrected chi connectivity index (χ2v) is 5.30. The van der Waals surface area contributed by atoms with Crippen LogP contribution in [0.15, 0.2) is 24.4 Å². The van der Waals surface area contributed by atoms with Gasteiger partial charge in [-0.2, -0.15) is 0 Å². The molecule has 1 aliphatic carbocycles.